The standard InChI is InChI=1S/C17H15ClF3N3O3/c1-10-7-8-22-13(9-10)23-16(15(26)27-2,17(19,20)21)24-14(25)11-3-5-12(18)6-4-11/h3-9H,1-2H3,(H,22,23)(H,24,25)/t16-/m1/s1. The molecule has 1 aromatic heterocycles. The Morgan fingerprint density at radius 1 is 1.15 bits per heavy atom. The third-order valence-corrected chi connectivity index (χ3v) is 3.81. The molecule has 0 radical (unpaired) electrons. The number of hydrogen-bond acceptors (Lipinski definition) is 5. The quantitative estimate of drug-likeness (QED) is 0.593. The van der Waals surface area contributed by atoms with Crippen LogP contribution in [0.15, 0.2) is 42.6 Å². The summed E-state index contributed by atoms with van der Waals surface area (Å²) in [7, 11) is 0.780. The lowest BCUT2D eigenvalue weighted by Crippen LogP contribution is -2.69. The molecule has 1 aromatic carbocycles. The van der Waals surface area contributed by atoms with Gasteiger partial charge in [0.05, 0.1) is 7.11 Å². The number of ether oxygens (including phenoxy) is 1. The number of benzene rings is 1. The first-order valence-corrected chi connectivity index (χ1v) is 7.91. The van der Waals surface area contributed by atoms with Crippen LogP contribution in [0.3, 0.4) is 0 Å². The Hall–Kier alpha value is -2.81. The Labute approximate surface area is 157 Å². The molecule has 0 spiro atoms. The largest absolute Gasteiger partial charge is 0.466 e. The number of aryl methyl sites for hydroxylation is 1. The molecule has 6 nitrogen and oxygen atoms in total. The lowest BCUT2D eigenvalue weighted by Gasteiger charge is -2.34. The summed E-state index contributed by atoms with van der Waals surface area (Å²) in [5, 5.41) is 3.95. The van der Waals surface area contributed by atoms with Crippen LogP contribution in [0.2, 0.25) is 5.02 Å². The molecule has 0 bridgehead atoms. The van der Waals surface area contributed by atoms with Crippen molar-refractivity contribution < 1.29 is 27.5 Å². The number of amides is 1. The molecule has 2 aromatic rings. The van der Waals surface area contributed by atoms with E-state index in [1.165, 1.54) is 36.5 Å². The molecular formula is C17H15ClF3N3O3. The summed E-state index contributed by atoms with van der Waals surface area (Å²) in [6.07, 6.45) is -3.98. The van der Waals surface area contributed by atoms with Gasteiger partial charge in [0.2, 0.25) is 0 Å². The number of carbonyl (C=O) groups excluding carboxylic acids is 2. The van der Waals surface area contributed by atoms with Crippen molar-refractivity contribution in [2.75, 3.05) is 12.4 Å². The van der Waals surface area contributed by atoms with E-state index in [0.717, 1.165) is 7.11 Å². The molecule has 0 aliphatic carbocycles. The maximum Gasteiger partial charge on any atom is 0.441 e. The first-order chi connectivity index (χ1) is 12.6. The first kappa shape index (κ1) is 20.5. The normalized spacial score (nSPS) is 13.4. The Bertz CT molecular complexity index is 843. The summed E-state index contributed by atoms with van der Waals surface area (Å²) < 4.78 is 46.1. The summed E-state index contributed by atoms with van der Waals surface area (Å²) in [6, 6.07) is 7.96. The number of nitrogens with zero attached hydrogens (tertiary/aromatic N) is 1. The average Bonchev–Trinajstić information content (AvgIpc) is 2.60. The predicted octanol–water partition coefficient (Wildman–Crippen LogP) is 3.32. The van der Waals surface area contributed by atoms with Gasteiger partial charge in [0.1, 0.15) is 5.82 Å². The van der Waals surface area contributed by atoms with E-state index in [2.05, 4.69) is 9.72 Å². The fraction of sp³-hybridized carbons (Fsp3) is 0.235. The zero-order chi connectivity index (χ0) is 20.2. The lowest BCUT2D eigenvalue weighted by molar-refractivity contribution is -0.203. The summed E-state index contributed by atoms with van der Waals surface area (Å²) in [4.78, 5) is 28.3. The monoisotopic (exact) mass is 401 g/mol. The lowest BCUT2D eigenvalue weighted by atomic mass is 10.1. The smallest absolute Gasteiger partial charge is 0.441 e. The van der Waals surface area contributed by atoms with Crippen LogP contribution in [0, 0.1) is 6.92 Å². The fourth-order valence-electron chi connectivity index (χ4n) is 2.18. The molecule has 10 heteroatoms. The third kappa shape index (κ3) is 4.48. The summed E-state index contributed by atoms with van der Waals surface area (Å²) in [5.41, 5.74) is -3.08. The number of carbonyl (C=O) groups is 2. The van der Waals surface area contributed by atoms with Gasteiger partial charge in [-0.25, -0.2) is 9.78 Å². The molecule has 27 heavy (non-hydrogen) atoms. The number of pyridine rings is 1. The van der Waals surface area contributed by atoms with Gasteiger partial charge < -0.3 is 15.4 Å². The molecule has 2 N–H and O–H groups in total. The van der Waals surface area contributed by atoms with Crippen LogP contribution in [-0.2, 0) is 9.53 Å². The molecule has 144 valence electrons. The number of esters is 1. The van der Waals surface area contributed by atoms with E-state index in [9.17, 15) is 22.8 Å². The number of hydrogen-bond donors (Lipinski definition) is 2. The van der Waals surface area contributed by atoms with Crippen molar-refractivity contribution in [1.82, 2.24) is 10.3 Å². The number of nitrogens with one attached hydrogen (secondary N) is 2. The predicted molar refractivity (Wildman–Crippen MR) is 92.3 cm³/mol. The van der Waals surface area contributed by atoms with E-state index in [4.69, 9.17) is 11.6 Å². The molecule has 0 aliphatic rings. The van der Waals surface area contributed by atoms with E-state index in [0.29, 0.717) is 10.6 Å². The topological polar surface area (TPSA) is 80.3 Å². The molecule has 1 atom stereocenters. The summed E-state index contributed by atoms with van der Waals surface area (Å²) >= 11 is 5.71. The minimum Gasteiger partial charge on any atom is -0.466 e. The van der Waals surface area contributed by atoms with Gasteiger partial charge in [0.25, 0.3) is 5.91 Å². The highest BCUT2D eigenvalue weighted by Crippen LogP contribution is 2.33. The zero-order valence-corrected chi connectivity index (χ0v) is 15.0. The Morgan fingerprint density at radius 2 is 1.78 bits per heavy atom. The Morgan fingerprint density at radius 3 is 2.30 bits per heavy atom. The van der Waals surface area contributed by atoms with E-state index >= 15 is 0 Å². The van der Waals surface area contributed by atoms with Gasteiger partial charge >= 0.3 is 17.8 Å². The van der Waals surface area contributed by atoms with Crippen molar-refractivity contribution in [3.63, 3.8) is 0 Å². The van der Waals surface area contributed by atoms with E-state index in [1.807, 2.05) is 5.32 Å². The second-order valence-corrected chi connectivity index (χ2v) is 5.98. The van der Waals surface area contributed by atoms with E-state index in [-0.39, 0.29) is 11.4 Å². The van der Waals surface area contributed by atoms with Gasteiger partial charge in [-0.15, -0.1) is 0 Å². The number of alkyl halides is 3. The van der Waals surface area contributed by atoms with Crippen LogP contribution in [0.25, 0.3) is 0 Å². The van der Waals surface area contributed by atoms with E-state index < -0.39 is 23.7 Å². The minimum absolute atomic E-state index is 0.129. The van der Waals surface area contributed by atoms with Crippen molar-refractivity contribution >= 4 is 29.3 Å². The highest BCUT2D eigenvalue weighted by atomic mass is 35.5. The van der Waals surface area contributed by atoms with Gasteiger partial charge in [-0.2, -0.15) is 13.2 Å². The maximum absolute atomic E-state index is 13.9. The molecule has 0 unspecified atom stereocenters. The van der Waals surface area contributed by atoms with Crippen molar-refractivity contribution in [3.8, 4) is 0 Å². The summed E-state index contributed by atoms with van der Waals surface area (Å²) in [5.74, 6) is -3.18. The molecule has 1 heterocycles. The minimum atomic E-state index is -5.24. The van der Waals surface area contributed by atoms with Crippen LogP contribution in [0.1, 0.15) is 15.9 Å². The van der Waals surface area contributed by atoms with Gasteiger partial charge in [0.15, 0.2) is 0 Å². The summed E-state index contributed by atoms with van der Waals surface area (Å²) in [6.45, 7) is 1.63. The number of methoxy groups -OCH3 is 1. The Kier molecular flexibility index (Phi) is 5.94. The molecule has 1 amide bonds. The van der Waals surface area contributed by atoms with Gasteiger partial charge in [-0.3, -0.25) is 4.79 Å². The zero-order valence-electron chi connectivity index (χ0n) is 14.2. The van der Waals surface area contributed by atoms with Crippen LogP contribution >= 0.6 is 11.6 Å². The SMILES string of the molecule is COC(=O)[C@](NC(=O)c1ccc(Cl)cc1)(Nc1cc(C)ccn1)C(F)(F)F. The van der Waals surface area contributed by atoms with Crippen LogP contribution < -0.4 is 10.6 Å². The van der Waals surface area contributed by atoms with Gasteiger partial charge in [-0.1, -0.05) is 11.6 Å². The van der Waals surface area contributed by atoms with Crippen molar-refractivity contribution in [2.24, 2.45) is 0 Å². The second kappa shape index (κ2) is 7.83. The molecule has 0 saturated carbocycles. The molecule has 0 saturated heterocycles. The molecule has 0 aliphatic heterocycles. The van der Waals surface area contributed by atoms with Gasteiger partial charge in [0, 0.05) is 16.8 Å². The molecular weight excluding hydrogens is 387 g/mol. The first-order valence-electron chi connectivity index (χ1n) is 7.53. The number of anilines is 1. The van der Waals surface area contributed by atoms with E-state index in [1.54, 1.807) is 18.3 Å². The number of rotatable bonds is 5. The van der Waals surface area contributed by atoms with Crippen molar-refractivity contribution in [3.05, 3.63) is 58.7 Å². The highest BCUT2D eigenvalue weighted by molar-refractivity contribution is 6.30. The van der Waals surface area contributed by atoms with Crippen molar-refractivity contribution in [2.45, 2.75) is 18.8 Å². The fourth-order valence-corrected chi connectivity index (χ4v) is 2.31. The molecule has 0 fully saturated rings. The average molecular weight is 402 g/mol. The Balaban J connectivity index is 2.48. The second-order valence-electron chi connectivity index (χ2n) is 5.54. The van der Waals surface area contributed by atoms with Crippen LogP contribution in [0.4, 0.5) is 19.0 Å². The van der Waals surface area contributed by atoms with Crippen LogP contribution in [-0.4, -0.2) is 35.8 Å². The van der Waals surface area contributed by atoms with Gasteiger partial charge in [-0.05, 0) is 48.9 Å². The molecule has 2 rings (SSSR count). The number of aromatic nitrogens is 1. The van der Waals surface area contributed by atoms with Crippen LogP contribution in [0.5, 0.6) is 0 Å². The maximum atomic E-state index is 13.9. The third-order valence-electron chi connectivity index (χ3n) is 3.56. The van der Waals surface area contributed by atoms with Crippen molar-refractivity contribution in [1.29, 1.82) is 0 Å². The highest BCUT2D eigenvalue weighted by Gasteiger charge is 2.63. The number of halogens is 4.